The molecule has 29 heavy (non-hydrogen) atoms. The number of amides is 1. The Labute approximate surface area is 178 Å². The van der Waals surface area contributed by atoms with Gasteiger partial charge in [0.25, 0.3) is 5.91 Å². The van der Waals surface area contributed by atoms with Crippen molar-refractivity contribution >= 4 is 28.8 Å². The van der Waals surface area contributed by atoms with E-state index in [0.717, 1.165) is 22.7 Å². The van der Waals surface area contributed by atoms with Gasteiger partial charge in [-0.3, -0.25) is 9.69 Å². The van der Waals surface area contributed by atoms with E-state index in [1.807, 2.05) is 24.3 Å². The fourth-order valence-electron chi connectivity index (χ4n) is 2.73. The SMILES string of the molecule is CC(C)N(Cc1cccc(Cl)c1)Cc1nnc(C(=O)NCc2ccc(F)cc2)s1. The largest absolute Gasteiger partial charge is 0.346 e. The van der Waals surface area contributed by atoms with Crippen molar-refractivity contribution in [2.45, 2.75) is 39.5 Å². The van der Waals surface area contributed by atoms with E-state index in [1.165, 1.54) is 23.5 Å². The van der Waals surface area contributed by atoms with Crippen LogP contribution in [0, 0.1) is 5.82 Å². The number of rotatable bonds is 8. The number of aromatic nitrogens is 2. The predicted molar refractivity (Wildman–Crippen MR) is 113 cm³/mol. The maximum atomic E-state index is 13.0. The Balaban J connectivity index is 1.59. The number of carbonyl (C=O) groups excluding carboxylic acids is 1. The van der Waals surface area contributed by atoms with E-state index in [0.29, 0.717) is 23.1 Å². The van der Waals surface area contributed by atoms with Crippen LogP contribution in [0.3, 0.4) is 0 Å². The summed E-state index contributed by atoms with van der Waals surface area (Å²) in [5.41, 5.74) is 1.94. The van der Waals surface area contributed by atoms with Crippen LogP contribution in [0.15, 0.2) is 48.5 Å². The minimum absolute atomic E-state index is 0.286. The first-order valence-corrected chi connectivity index (χ1v) is 10.4. The maximum absolute atomic E-state index is 13.0. The van der Waals surface area contributed by atoms with E-state index in [9.17, 15) is 9.18 Å². The molecule has 0 saturated carbocycles. The summed E-state index contributed by atoms with van der Waals surface area (Å²) in [5, 5.41) is 12.8. The average molecular weight is 433 g/mol. The summed E-state index contributed by atoms with van der Waals surface area (Å²) in [4.78, 5) is 14.6. The molecule has 3 rings (SSSR count). The van der Waals surface area contributed by atoms with Crippen molar-refractivity contribution in [2.75, 3.05) is 0 Å². The van der Waals surface area contributed by atoms with Crippen LogP contribution >= 0.6 is 22.9 Å². The summed E-state index contributed by atoms with van der Waals surface area (Å²) >= 11 is 7.36. The third kappa shape index (κ3) is 6.32. The monoisotopic (exact) mass is 432 g/mol. The normalized spacial score (nSPS) is 11.2. The van der Waals surface area contributed by atoms with Crippen molar-refractivity contribution in [3.63, 3.8) is 0 Å². The molecule has 0 aliphatic rings. The maximum Gasteiger partial charge on any atom is 0.282 e. The third-order valence-corrected chi connectivity index (χ3v) is 5.51. The van der Waals surface area contributed by atoms with Gasteiger partial charge >= 0.3 is 0 Å². The molecule has 8 heteroatoms. The highest BCUT2D eigenvalue weighted by molar-refractivity contribution is 7.13. The van der Waals surface area contributed by atoms with Gasteiger partial charge in [-0.25, -0.2) is 4.39 Å². The Morgan fingerprint density at radius 3 is 2.59 bits per heavy atom. The lowest BCUT2D eigenvalue weighted by atomic mass is 10.2. The van der Waals surface area contributed by atoms with Gasteiger partial charge in [0.15, 0.2) is 0 Å². The molecule has 0 bridgehead atoms. The van der Waals surface area contributed by atoms with Gasteiger partial charge in [-0.2, -0.15) is 0 Å². The van der Waals surface area contributed by atoms with E-state index in [-0.39, 0.29) is 17.8 Å². The van der Waals surface area contributed by atoms with Crippen molar-refractivity contribution in [2.24, 2.45) is 0 Å². The summed E-state index contributed by atoms with van der Waals surface area (Å²) in [6.07, 6.45) is 0. The molecular weight excluding hydrogens is 411 g/mol. The molecule has 1 heterocycles. The Hall–Kier alpha value is -2.35. The average Bonchev–Trinajstić information content (AvgIpc) is 3.15. The lowest BCUT2D eigenvalue weighted by molar-refractivity contribution is 0.0950. The second-order valence-electron chi connectivity index (χ2n) is 6.94. The van der Waals surface area contributed by atoms with Crippen LogP contribution in [-0.2, 0) is 19.6 Å². The highest BCUT2D eigenvalue weighted by atomic mass is 35.5. The second-order valence-corrected chi connectivity index (χ2v) is 8.44. The van der Waals surface area contributed by atoms with Gasteiger partial charge in [-0.05, 0) is 49.2 Å². The van der Waals surface area contributed by atoms with Crippen LogP contribution < -0.4 is 5.32 Å². The number of nitrogens with zero attached hydrogens (tertiary/aromatic N) is 3. The molecule has 0 unspecified atom stereocenters. The minimum atomic E-state index is -0.304. The fourth-order valence-corrected chi connectivity index (χ4v) is 3.73. The summed E-state index contributed by atoms with van der Waals surface area (Å²) < 4.78 is 13.0. The predicted octanol–water partition coefficient (Wildman–Crippen LogP) is 4.67. The van der Waals surface area contributed by atoms with Crippen LogP contribution in [0.5, 0.6) is 0 Å². The van der Waals surface area contributed by atoms with Gasteiger partial charge < -0.3 is 5.32 Å². The van der Waals surface area contributed by atoms with Gasteiger partial charge in [0.1, 0.15) is 10.8 Å². The Morgan fingerprint density at radius 1 is 1.14 bits per heavy atom. The number of halogens is 2. The van der Waals surface area contributed by atoms with Crippen molar-refractivity contribution < 1.29 is 9.18 Å². The molecule has 0 aliphatic heterocycles. The summed E-state index contributed by atoms with van der Waals surface area (Å²) in [6.45, 7) is 5.85. The first-order chi connectivity index (χ1) is 13.9. The Morgan fingerprint density at radius 2 is 1.90 bits per heavy atom. The zero-order chi connectivity index (χ0) is 20.8. The lowest BCUT2D eigenvalue weighted by Crippen LogP contribution is -2.29. The van der Waals surface area contributed by atoms with Crippen LogP contribution in [0.4, 0.5) is 4.39 Å². The molecule has 0 spiro atoms. The second kappa shape index (κ2) is 9.91. The molecule has 0 atom stereocenters. The molecule has 3 aromatic rings. The summed E-state index contributed by atoms with van der Waals surface area (Å²) in [7, 11) is 0. The molecule has 0 aliphatic carbocycles. The molecule has 152 valence electrons. The van der Waals surface area contributed by atoms with E-state index < -0.39 is 0 Å². The highest BCUT2D eigenvalue weighted by Crippen LogP contribution is 2.18. The van der Waals surface area contributed by atoms with E-state index in [4.69, 9.17) is 11.6 Å². The van der Waals surface area contributed by atoms with Gasteiger partial charge in [-0.15, -0.1) is 10.2 Å². The minimum Gasteiger partial charge on any atom is -0.346 e. The van der Waals surface area contributed by atoms with Crippen LogP contribution in [0.25, 0.3) is 0 Å². The number of nitrogens with one attached hydrogen (secondary N) is 1. The quantitative estimate of drug-likeness (QED) is 0.562. The van der Waals surface area contributed by atoms with Crippen molar-refractivity contribution in [3.05, 3.63) is 80.5 Å². The molecule has 0 saturated heterocycles. The smallest absolute Gasteiger partial charge is 0.282 e. The van der Waals surface area contributed by atoms with Crippen molar-refractivity contribution in [1.82, 2.24) is 20.4 Å². The third-order valence-electron chi connectivity index (χ3n) is 4.37. The molecular formula is C21H22ClFN4OS. The van der Waals surface area contributed by atoms with E-state index >= 15 is 0 Å². The lowest BCUT2D eigenvalue weighted by Gasteiger charge is -2.25. The summed E-state index contributed by atoms with van der Waals surface area (Å²) in [6, 6.07) is 14.1. The van der Waals surface area contributed by atoms with Crippen LogP contribution in [0.1, 0.15) is 39.8 Å². The van der Waals surface area contributed by atoms with Gasteiger partial charge in [0.05, 0.1) is 6.54 Å². The molecule has 1 aromatic heterocycles. The molecule has 1 N–H and O–H groups in total. The number of carbonyl (C=O) groups is 1. The molecule has 5 nitrogen and oxygen atoms in total. The van der Waals surface area contributed by atoms with Gasteiger partial charge in [0, 0.05) is 24.2 Å². The van der Waals surface area contributed by atoms with Crippen molar-refractivity contribution in [3.8, 4) is 0 Å². The first kappa shape index (κ1) is 21.4. The zero-order valence-corrected chi connectivity index (χ0v) is 17.8. The van der Waals surface area contributed by atoms with Crippen molar-refractivity contribution in [1.29, 1.82) is 0 Å². The van der Waals surface area contributed by atoms with Crippen LogP contribution in [0.2, 0.25) is 5.02 Å². The summed E-state index contributed by atoms with van der Waals surface area (Å²) in [5.74, 6) is -0.592. The van der Waals surface area contributed by atoms with Gasteiger partial charge in [-0.1, -0.05) is 47.2 Å². The topological polar surface area (TPSA) is 58.1 Å². The van der Waals surface area contributed by atoms with Gasteiger partial charge in [0.2, 0.25) is 5.01 Å². The molecule has 1 amide bonds. The molecule has 2 aromatic carbocycles. The Bertz CT molecular complexity index is 961. The number of benzene rings is 2. The number of hydrogen-bond donors (Lipinski definition) is 1. The van der Waals surface area contributed by atoms with Crippen LogP contribution in [-0.4, -0.2) is 27.0 Å². The molecule has 0 radical (unpaired) electrons. The first-order valence-electron chi connectivity index (χ1n) is 9.24. The fraction of sp³-hybridized carbons (Fsp3) is 0.286. The standard InChI is InChI=1S/C21H22ClFN4OS/c1-14(2)27(12-16-4-3-5-17(22)10-16)13-19-25-26-21(29-19)20(28)24-11-15-6-8-18(23)9-7-15/h3-10,14H,11-13H2,1-2H3,(H,24,28). The number of hydrogen-bond acceptors (Lipinski definition) is 5. The molecule has 0 fully saturated rings. The Kier molecular flexibility index (Phi) is 7.30. The highest BCUT2D eigenvalue weighted by Gasteiger charge is 2.17. The zero-order valence-electron chi connectivity index (χ0n) is 16.2. The van der Waals surface area contributed by atoms with E-state index in [2.05, 4.69) is 34.3 Å². The van der Waals surface area contributed by atoms with E-state index in [1.54, 1.807) is 12.1 Å².